The van der Waals surface area contributed by atoms with Crippen molar-refractivity contribution in [3.8, 4) is 11.3 Å². The third kappa shape index (κ3) is 4.15. The Labute approximate surface area is 189 Å². The van der Waals surface area contributed by atoms with Crippen molar-refractivity contribution in [3.05, 3.63) is 92.4 Å². The van der Waals surface area contributed by atoms with E-state index in [-0.39, 0.29) is 5.91 Å². The van der Waals surface area contributed by atoms with Gasteiger partial charge >= 0.3 is 0 Å². The number of pyridine rings is 1. The lowest BCUT2D eigenvalue weighted by atomic mass is 9.99. The number of nitrogens with one attached hydrogen (secondary N) is 1. The maximum Gasteiger partial charge on any atom is 0.256 e. The molecule has 0 unspecified atom stereocenters. The van der Waals surface area contributed by atoms with E-state index in [1.54, 1.807) is 48.5 Å². The largest absolute Gasteiger partial charge is 0.322 e. The fourth-order valence-electron chi connectivity index (χ4n) is 3.47. The Bertz CT molecular complexity index is 1300. The molecule has 0 aliphatic rings. The number of halogens is 3. The molecule has 1 amide bonds. The minimum absolute atomic E-state index is 0.249. The summed E-state index contributed by atoms with van der Waals surface area (Å²) in [7, 11) is 0. The van der Waals surface area contributed by atoms with Crippen molar-refractivity contribution in [2.75, 3.05) is 5.32 Å². The van der Waals surface area contributed by atoms with E-state index in [9.17, 15) is 4.79 Å². The molecule has 3 nitrogen and oxygen atoms in total. The van der Waals surface area contributed by atoms with E-state index in [0.29, 0.717) is 37.6 Å². The van der Waals surface area contributed by atoms with E-state index < -0.39 is 0 Å². The van der Waals surface area contributed by atoms with Crippen molar-refractivity contribution in [2.45, 2.75) is 13.8 Å². The molecular formula is C24H17Cl3N2O. The lowest BCUT2D eigenvalue weighted by molar-refractivity contribution is 0.102. The number of hydrogen-bond donors (Lipinski definition) is 1. The zero-order valence-corrected chi connectivity index (χ0v) is 18.5. The summed E-state index contributed by atoms with van der Waals surface area (Å²) in [5.41, 5.74) is 5.22. The number of amides is 1. The average Bonchev–Trinajstić information content (AvgIpc) is 2.67. The molecule has 1 aromatic heterocycles. The molecule has 0 bridgehead atoms. The number of fused-ring (bicyclic) bond motifs is 1. The Hall–Kier alpha value is -2.59. The van der Waals surface area contributed by atoms with E-state index in [1.807, 2.05) is 26.0 Å². The summed E-state index contributed by atoms with van der Waals surface area (Å²) in [5.74, 6) is -0.249. The molecule has 6 heteroatoms. The SMILES string of the molecule is Cc1cc(C)c2nc(-c3ccc(Cl)cc3Cl)cc(C(=O)Nc3cccc(Cl)c3)c2c1. The Morgan fingerprint density at radius 3 is 2.40 bits per heavy atom. The monoisotopic (exact) mass is 454 g/mol. The van der Waals surface area contributed by atoms with Crippen LogP contribution in [0.25, 0.3) is 22.2 Å². The van der Waals surface area contributed by atoms with Crippen molar-refractivity contribution < 1.29 is 4.79 Å². The highest BCUT2D eigenvalue weighted by Crippen LogP contribution is 2.33. The van der Waals surface area contributed by atoms with Crippen LogP contribution in [0, 0.1) is 13.8 Å². The molecule has 0 saturated carbocycles. The minimum Gasteiger partial charge on any atom is -0.322 e. The highest BCUT2D eigenvalue weighted by molar-refractivity contribution is 6.36. The second-order valence-electron chi connectivity index (χ2n) is 7.12. The molecule has 0 atom stereocenters. The van der Waals surface area contributed by atoms with E-state index in [2.05, 4.69) is 5.32 Å². The molecule has 150 valence electrons. The summed E-state index contributed by atoms with van der Waals surface area (Å²) in [4.78, 5) is 18.1. The predicted molar refractivity (Wildman–Crippen MR) is 126 cm³/mol. The van der Waals surface area contributed by atoms with Gasteiger partial charge in [0.2, 0.25) is 0 Å². The number of rotatable bonds is 3. The van der Waals surface area contributed by atoms with Gasteiger partial charge in [-0.3, -0.25) is 4.79 Å². The van der Waals surface area contributed by atoms with Crippen LogP contribution >= 0.6 is 34.8 Å². The second-order valence-corrected chi connectivity index (χ2v) is 8.40. The van der Waals surface area contributed by atoms with Crippen molar-refractivity contribution >= 4 is 57.3 Å². The Morgan fingerprint density at radius 1 is 0.900 bits per heavy atom. The first kappa shape index (κ1) is 20.7. The van der Waals surface area contributed by atoms with Gasteiger partial charge in [0.15, 0.2) is 0 Å². The molecule has 1 N–H and O–H groups in total. The van der Waals surface area contributed by atoms with Gasteiger partial charge in [-0.2, -0.15) is 0 Å². The van der Waals surface area contributed by atoms with E-state index in [4.69, 9.17) is 39.8 Å². The van der Waals surface area contributed by atoms with Crippen molar-refractivity contribution in [1.29, 1.82) is 0 Å². The molecule has 0 radical (unpaired) electrons. The average molecular weight is 456 g/mol. The summed E-state index contributed by atoms with van der Waals surface area (Å²) in [5, 5.41) is 5.26. The molecule has 0 aliphatic heterocycles. The van der Waals surface area contributed by atoms with Gasteiger partial charge < -0.3 is 5.32 Å². The molecule has 0 aliphatic carbocycles. The van der Waals surface area contributed by atoms with Crippen LogP contribution in [-0.4, -0.2) is 10.9 Å². The quantitative estimate of drug-likeness (QED) is 0.343. The van der Waals surface area contributed by atoms with Crippen LogP contribution in [-0.2, 0) is 0 Å². The summed E-state index contributed by atoms with van der Waals surface area (Å²) in [6.45, 7) is 3.98. The molecule has 0 saturated heterocycles. The number of carbonyl (C=O) groups is 1. The number of benzene rings is 3. The van der Waals surface area contributed by atoms with Crippen molar-refractivity contribution in [2.24, 2.45) is 0 Å². The molecule has 1 heterocycles. The lowest BCUT2D eigenvalue weighted by Crippen LogP contribution is -2.13. The molecule has 4 aromatic rings. The van der Waals surface area contributed by atoms with Crippen LogP contribution in [0.4, 0.5) is 5.69 Å². The van der Waals surface area contributed by atoms with Crippen LogP contribution < -0.4 is 5.32 Å². The van der Waals surface area contributed by atoms with Crippen LogP contribution in [0.15, 0.2) is 60.7 Å². The Morgan fingerprint density at radius 2 is 1.67 bits per heavy atom. The normalized spacial score (nSPS) is 11.0. The van der Waals surface area contributed by atoms with Crippen LogP contribution in [0.5, 0.6) is 0 Å². The highest BCUT2D eigenvalue weighted by atomic mass is 35.5. The van der Waals surface area contributed by atoms with E-state index in [1.165, 1.54) is 0 Å². The molecule has 0 fully saturated rings. The number of aryl methyl sites for hydroxylation is 2. The number of anilines is 1. The zero-order valence-electron chi connectivity index (χ0n) is 16.3. The molecule has 3 aromatic carbocycles. The second kappa shape index (κ2) is 8.27. The van der Waals surface area contributed by atoms with E-state index >= 15 is 0 Å². The summed E-state index contributed by atoms with van der Waals surface area (Å²) in [6, 6.07) is 18.0. The lowest BCUT2D eigenvalue weighted by Gasteiger charge is -2.14. The molecule has 0 spiro atoms. The van der Waals surface area contributed by atoms with Gasteiger partial charge in [-0.1, -0.05) is 52.5 Å². The van der Waals surface area contributed by atoms with Crippen molar-refractivity contribution in [3.63, 3.8) is 0 Å². The van der Waals surface area contributed by atoms with Gasteiger partial charge in [-0.25, -0.2) is 4.98 Å². The van der Waals surface area contributed by atoms with Crippen LogP contribution in [0.3, 0.4) is 0 Å². The predicted octanol–water partition coefficient (Wildman–Crippen LogP) is 7.73. The van der Waals surface area contributed by atoms with Crippen molar-refractivity contribution in [1.82, 2.24) is 4.98 Å². The third-order valence-corrected chi connectivity index (χ3v) is 5.57. The first-order valence-electron chi connectivity index (χ1n) is 9.26. The first-order valence-corrected chi connectivity index (χ1v) is 10.4. The number of nitrogens with zero attached hydrogens (tertiary/aromatic N) is 1. The van der Waals surface area contributed by atoms with Gasteiger partial charge in [-0.05, 0) is 67.9 Å². The fourth-order valence-corrected chi connectivity index (χ4v) is 4.16. The topological polar surface area (TPSA) is 42.0 Å². The molecular weight excluding hydrogens is 439 g/mol. The summed E-state index contributed by atoms with van der Waals surface area (Å²) in [6.07, 6.45) is 0. The molecule has 4 rings (SSSR count). The zero-order chi connectivity index (χ0) is 21.4. The number of hydrogen-bond acceptors (Lipinski definition) is 2. The maximum absolute atomic E-state index is 13.2. The molecule has 30 heavy (non-hydrogen) atoms. The van der Waals surface area contributed by atoms with Gasteiger partial charge in [0.1, 0.15) is 0 Å². The van der Waals surface area contributed by atoms with Gasteiger partial charge in [-0.15, -0.1) is 0 Å². The first-order chi connectivity index (χ1) is 14.3. The minimum atomic E-state index is -0.249. The number of aromatic nitrogens is 1. The van der Waals surface area contributed by atoms with Gasteiger partial charge in [0.05, 0.1) is 21.8 Å². The third-order valence-electron chi connectivity index (χ3n) is 4.78. The Kier molecular flexibility index (Phi) is 5.70. The van der Waals surface area contributed by atoms with Gasteiger partial charge in [0.25, 0.3) is 5.91 Å². The maximum atomic E-state index is 13.2. The summed E-state index contributed by atoms with van der Waals surface area (Å²) < 4.78 is 0. The summed E-state index contributed by atoms with van der Waals surface area (Å²) >= 11 is 18.5. The fraction of sp³-hybridized carbons (Fsp3) is 0.0833. The smallest absolute Gasteiger partial charge is 0.256 e. The van der Waals surface area contributed by atoms with Crippen LogP contribution in [0.2, 0.25) is 15.1 Å². The van der Waals surface area contributed by atoms with E-state index in [0.717, 1.165) is 22.0 Å². The standard InChI is InChI=1S/C24H17Cl3N2O/c1-13-8-14(2)23-19(9-13)20(24(30)28-17-5-3-4-15(25)10-17)12-22(29-23)18-7-6-16(26)11-21(18)27/h3-12H,1-2H3,(H,28,30). The highest BCUT2D eigenvalue weighted by Gasteiger charge is 2.17. The Balaban J connectivity index is 1.91. The van der Waals surface area contributed by atoms with Gasteiger partial charge in [0, 0.05) is 26.7 Å². The number of carbonyl (C=O) groups excluding carboxylic acids is 1. The van der Waals surface area contributed by atoms with Crippen LogP contribution in [0.1, 0.15) is 21.5 Å².